The minimum absolute atomic E-state index is 0.180. The van der Waals surface area contributed by atoms with E-state index < -0.39 is 6.61 Å². The largest absolute Gasteiger partial charge is 0.434 e. The number of piperidine rings is 1. The topological polar surface area (TPSA) is 51.4 Å². The number of benzene rings is 2. The van der Waals surface area contributed by atoms with Crippen molar-refractivity contribution in [1.82, 2.24) is 10.1 Å². The summed E-state index contributed by atoms with van der Waals surface area (Å²) in [6.07, 6.45) is 7.96. The second-order valence-corrected chi connectivity index (χ2v) is 11.4. The summed E-state index contributed by atoms with van der Waals surface area (Å²) in [6.45, 7) is 2.86. The second-order valence-electron chi connectivity index (χ2n) is 11.4. The Kier molecular flexibility index (Phi) is 5.72. The molecular weight excluding hydrogens is 496 g/mol. The van der Waals surface area contributed by atoms with Gasteiger partial charge in [0.2, 0.25) is 0 Å². The van der Waals surface area contributed by atoms with Crippen LogP contribution in [-0.4, -0.2) is 29.8 Å². The molecule has 0 atom stereocenters. The number of anilines is 1. The van der Waals surface area contributed by atoms with E-state index in [1.165, 1.54) is 29.5 Å². The zero-order valence-electron chi connectivity index (χ0n) is 22.2. The summed E-state index contributed by atoms with van der Waals surface area (Å²) in [7, 11) is 0. The van der Waals surface area contributed by atoms with Crippen LogP contribution in [0.4, 0.5) is 14.5 Å². The number of hydrogen-bond acceptors (Lipinski definition) is 5. The average molecular weight is 528 g/mol. The van der Waals surface area contributed by atoms with Crippen molar-refractivity contribution in [1.29, 1.82) is 0 Å². The van der Waals surface area contributed by atoms with E-state index in [-0.39, 0.29) is 11.2 Å². The smallest absolute Gasteiger partial charge is 0.387 e. The first-order valence-corrected chi connectivity index (χ1v) is 13.8. The van der Waals surface area contributed by atoms with Gasteiger partial charge in [0.1, 0.15) is 17.2 Å². The molecule has 4 aromatic rings. The first-order valence-electron chi connectivity index (χ1n) is 13.8. The number of halogens is 2. The van der Waals surface area contributed by atoms with Crippen molar-refractivity contribution in [3.63, 3.8) is 0 Å². The van der Waals surface area contributed by atoms with Gasteiger partial charge in [-0.15, -0.1) is 0 Å². The molecule has 0 bridgehead atoms. The van der Waals surface area contributed by atoms with Gasteiger partial charge in [0.15, 0.2) is 0 Å². The highest BCUT2D eigenvalue weighted by Gasteiger charge is 2.43. The van der Waals surface area contributed by atoms with E-state index in [4.69, 9.17) is 9.26 Å². The number of rotatable bonds is 6. The lowest BCUT2D eigenvalue weighted by Crippen LogP contribution is -2.42. The van der Waals surface area contributed by atoms with E-state index in [1.807, 2.05) is 18.2 Å². The Morgan fingerprint density at radius 2 is 1.82 bits per heavy atom. The van der Waals surface area contributed by atoms with E-state index in [1.54, 1.807) is 13.0 Å². The molecule has 39 heavy (non-hydrogen) atoms. The van der Waals surface area contributed by atoms with Gasteiger partial charge in [-0.2, -0.15) is 8.78 Å². The van der Waals surface area contributed by atoms with Crippen LogP contribution in [0.2, 0.25) is 0 Å². The maximum atomic E-state index is 13.0. The summed E-state index contributed by atoms with van der Waals surface area (Å²) in [4.78, 5) is 6.85. The molecule has 200 valence electrons. The van der Waals surface area contributed by atoms with E-state index in [0.29, 0.717) is 22.5 Å². The van der Waals surface area contributed by atoms with Crippen LogP contribution < -0.4 is 9.64 Å². The SMILES string of the molecule is Cc1cc(OC(F)F)c2cc(N3CCC4(C=C(c5c(-c6ccccc6C)noc5C5CC5)C4)CC3)ccc2n1. The molecule has 5 nitrogen and oxygen atoms in total. The number of aromatic nitrogens is 2. The molecule has 3 heterocycles. The Hall–Kier alpha value is -3.74. The third-order valence-corrected chi connectivity index (χ3v) is 8.63. The predicted octanol–water partition coefficient (Wildman–Crippen LogP) is 8.06. The van der Waals surface area contributed by atoms with Crippen molar-refractivity contribution in [2.24, 2.45) is 5.41 Å². The quantitative estimate of drug-likeness (QED) is 0.254. The van der Waals surface area contributed by atoms with Crippen molar-refractivity contribution in [3.05, 3.63) is 77.2 Å². The van der Waals surface area contributed by atoms with Crippen LogP contribution >= 0.6 is 0 Å². The maximum Gasteiger partial charge on any atom is 0.387 e. The first-order chi connectivity index (χ1) is 18.9. The fraction of sp³-hybridized carbons (Fsp3) is 0.375. The van der Waals surface area contributed by atoms with Crippen LogP contribution in [-0.2, 0) is 0 Å². The highest BCUT2D eigenvalue weighted by Crippen LogP contribution is 2.56. The molecule has 1 spiro atoms. The van der Waals surface area contributed by atoms with E-state index in [0.717, 1.165) is 55.1 Å². The van der Waals surface area contributed by atoms with E-state index >= 15 is 0 Å². The monoisotopic (exact) mass is 527 g/mol. The molecule has 2 aliphatic carbocycles. The molecule has 0 N–H and O–H groups in total. The van der Waals surface area contributed by atoms with Gasteiger partial charge in [-0.05, 0) is 80.7 Å². The number of nitrogens with zero attached hydrogens (tertiary/aromatic N) is 3. The Balaban J connectivity index is 1.13. The third-order valence-electron chi connectivity index (χ3n) is 8.63. The van der Waals surface area contributed by atoms with Crippen LogP contribution in [0.1, 0.15) is 60.6 Å². The predicted molar refractivity (Wildman–Crippen MR) is 148 cm³/mol. The Bertz CT molecular complexity index is 1600. The Labute approximate surface area is 226 Å². The fourth-order valence-corrected chi connectivity index (χ4v) is 6.37. The van der Waals surface area contributed by atoms with Crippen molar-refractivity contribution in [2.45, 2.75) is 58.5 Å². The lowest BCUT2D eigenvalue weighted by atomic mass is 9.63. The Morgan fingerprint density at radius 3 is 2.54 bits per heavy atom. The van der Waals surface area contributed by atoms with Crippen LogP contribution in [0.5, 0.6) is 5.75 Å². The fourth-order valence-electron chi connectivity index (χ4n) is 6.37. The van der Waals surface area contributed by atoms with Crippen molar-refractivity contribution in [2.75, 3.05) is 18.0 Å². The van der Waals surface area contributed by atoms with Crippen LogP contribution in [0.3, 0.4) is 0 Å². The maximum absolute atomic E-state index is 13.0. The molecular formula is C32H31F2N3O2. The number of alkyl halides is 2. The summed E-state index contributed by atoms with van der Waals surface area (Å²) >= 11 is 0. The van der Waals surface area contributed by atoms with E-state index in [9.17, 15) is 8.78 Å². The highest BCUT2D eigenvalue weighted by molar-refractivity contribution is 5.89. The summed E-state index contributed by atoms with van der Waals surface area (Å²) in [5, 5.41) is 5.18. The number of aryl methyl sites for hydroxylation is 2. The van der Waals surface area contributed by atoms with Crippen molar-refractivity contribution >= 4 is 22.2 Å². The number of pyridine rings is 1. The van der Waals surface area contributed by atoms with Gasteiger partial charge in [-0.3, -0.25) is 4.98 Å². The zero-order valence-corrected chi connectivity index (χ0v) is 22.2. The van der Waals surface area contributed by atoms with E-state index in [2.05, 4.69) is 52.3 Å². The van der Waals surface area contributed by atoms with Crippen molar-refractivity contribution < 1.29 is 18.0 Å². The molecule has 2 aromatic heterocycles. The van der Waals surface area contributed by atoms with Gasteiger partial charge in [0.25, 0.3) is 0 Å². The molecule has 7 heteroatoms. The number of ether oxygens (including phenoxy) is 1. The van der Waals surface area contributed by atoms with Crippen LogP contribution in [0.25, 0.3) is 27.7 Å². The minimum Gasteiger partial charge on any atom is -0.434 e. The van der Waals surface area contributed by atoms with Gasteiger partial charge in [0.05, 0.1) is 5.52 Å². The lowest BCUT2D eigenvalue weighted by Gasteiger charge is -2.47. The van der Waals surface area contributed by atoms with Crippen LogP contribution in [0.15, 0.2) is 59.1 Å². The third kappa shape index (κ3) is 4.38. The first kappa shape index (κ1) is 24.3. The van der Waals surface area contributed by atoms with Gasteiger partial charge in [-0.1, -0.05) is 35.5 Å². The number of fused-ring (bicyclic) bond motifs is 1. The van der Waals surface area contributed by atoms with Gasteiger partial charge >= 0.3 is 6.61 Å². The lowest BCUT2D eigenvalue weighted by molar-refractivity contribution is -0.0488. The summed E-state index contributed by atoms with van der Waals surface area (Å²) in [5.74, 6) is 1.74. The molecule has 0 amide bonds. The summed E-state index contributed by atoms with van der Waals surface area (Å²) in [6, 6.07) is 15.8. The normalized spacial score (nSPS) is 18.5. The molecule has 1 aliphatic heterocycles. The minimum atomic E-state index is -2.87. The highest BCUT2D eigenvalue weighted by atomic mass is 19.3. The standard InChI is InChI=1S/C32H31F2N3O2/c1-19-5-3-4-6-24(19)29-28(30(39-36-29)21-7-8-21)22-17-32(18-22)11-13-37(14-12-32)23-9-10-26-25(16-23)27(38-31(33)34)15-20(2)35-26/h3-6,9-10,15-17,21,31H,7-8,11-14,18H2,1-2H3. The van der Waals surface area contributed by atoms with Crippen LogP contribution in [0, 0.1) is 19.3 Å². The second kappa shape index (κ2) is 9.18. The number of hydrogen-bond donors (Lipinski definition) is 0. The molecule has 3 aliphatic rings. The Morgan fingerprint density at radius 1 is 1.05 bits per heavy atom. The molecule has 2 aromatic carbocycles. The molecule has 1 saturated carbocycles. The van der Waals surface area contributed by atoms with Gasteiger partial charge < -0.3 is 14.2 Å². The molecule has 0 unspecified atom stereocenters. The molecule has 0 radical (unpaired) electrons. The molecule has 7 rings (SSSR count). The van der Waals surface area contributed by atoms with Gasteiger partial charge in [-0.25, -0.2) is 0 Å². The number of allylic oxidation sites excluding steroid dienone is 2. The average Bonchev–Trinajstić information content (AvgIpc) is 3.66. The molecule has 2 fully saturated rings. The molecule has 1 saturated heterocycles. The zero-order chi connectivity index (χ0) is 26.7. The summed E-state index contributed by atoms with van der Waals surface area (Å²) < 4.78 is 36.9. The summed E-state index contributed by atoms with van der Waals surface area (Å²) in [5.41, 5.74) is 8.45. The van der Waals surface area contributed by atoms with Crippen molar-refractivity contribution in [3.8, 4) is 17.0 Å². The van der Waals surface area contributed by atoms with Gasteiger partial charge in [0, 0.05) is 53.0 Å².